The van der Waals surface area contributed by atoms with Crippen molar-refractivity contribution in [1.82, 2.24) is 5.32 Å². The highest BCUT2D eigenvalue weighted by Crippen LogP contribution is 2.32. The van der Waals surface area contributed by atoms with Crippen molar-refractivity contribution >= 4 is 58.3 Å². The van der Waals surface area contributed by atoms with Gasteiger partial charge in [0.05, 0.1) is 16.9 Å². The Morgan fingerprint density at radius 3 is 2.26 bits per heavy atom. The van der Waals surface area contributed by atoms with Gasteiger partial charge in [-0.15, -0.1) is 0 Å². The summed E-state index contributed by atoms with van der Waals surface area (Å²) in [4.78, 5) is 65.6. The van der Waals surface area contributed by atoms with Gasteiger partial charge in [0.2, 0.25) is 11.8 Å². The molecule has 3 aromatic rings. The lowest BCUT2D eigenvalue weighted by atomic mass is 10.0. The van der Waals surface area contributed by atoms with Crippen molar-refractivity contribution in [2.75, 3.05) is 22.1 Å². The molecule has 1 aliphatic rings. The van der Waals surface area contributed by atoms with Gasteiger partial charge in [-0.05, 0) is 75.2 Å². The predicted molar refractivity (Wildman–Crippen MR) is 164 cm³/mol. The molecule has 224 valence electrons. The normalized spacial score (nSPS) is 13.7. The molecule has 0 saturated carbocycles. The number of nitrogens with zero attached hydrogens (tertiary/aromatic N) is 1. The molecule has 0 spiro atoms. The standard InChI is InChI=1S/C32H33ClN4O6/c1-32(2,3)43-31(42)21-11-14-23(15-12-21)34-28(39)25(18-20-8-5-4-6-9-20)36-30(41)29(40)35-24-19-22(33)13-16-26(24)37-17-7-10-27(37)38/h4-6,8-9,11-16,19,25H,7,10,17-18H2,1-3H3,(H,34,39)(H,35,40)(H,36,41). The molecule has 1 aliphatic heterocycles. The van der Waals surface area contributed by atoms with Crippen molar-refractivity contribution in [3.63, 3.8) is 0 Å². The number of anilines is 3. The van der Waals surface area contributed by atoms with E-state index in [0.717, 1.165) is 5.56 Å². The Kier molecular flexibility index (Phi) is 9.82. The molecule has 1 atom stereocenters. The molecule has 0 aromatic heterocycles. The summed E-state index contributed by atoms with van der Waals surface area (Å²) in [6.07, 6.45) is 1.16. The molecule has 4 amide bonds. The molecule has 11 heteroatoms. The summed E-state index contributed by atoms with van der Waals surface area (Å²) in [5.74, 6) is -3.23. The van der Waals surface area contributed by atoms with Crippen LogP contribution in [0.25, 0.3) is 0 Å². The van der Waals surface area contributed by atoms with E-state index in [1.165, 1.54) is 23.1 Å². The van der Waals surface area contributed by atoms with Gasteiger partial charge in [-0.1, -0.05) is 41.9 Å². The van der Waals surface area contributed by atoms with Gasteiger partial charge in [0.25, 0.3) is 0 Å². The maximum Gasteiger partial charge on any atom is 0.338 e. The second-order valence-corrected chi connectivity index (χ2v) is 11.5. The molecule has 4 rings (SSSR count). The zero-order valence-electron chi connectivity index (χ0n) is 24.1. The van der Waals surface area contributed by atoms with Gasteiger partial charge in [-0.3, -0.25) is 19.2 Å². The first-order valence-electron chi connectivity index (χ1n) is 13.8. The third-order valence-electron chi connectivity index (χ3n) is 6.47. The number of nitrogens with one attached hydrogen (secondary N) is 3. The lowest BCUT2D eigenvalue weighted by molar-refractivity contribution is -0.137. The van der Waals surface area contributed by atoms with Crippen LogP contribution in [0, 0.1) is 0 Å². The highest BCUT2D eigenvalue weighted by molar-refractivity contribution is 6.40. The fourth-order valence-electron chi connectivity index (χ4n) is 4.46. The Morgan fingerprint density at radius 1 is 0.930 bits per heavy atom. The third kappa shape index (κ3) is 8.65. The van der Waals surface area contributed by atoms with Crippen LogP contribution < -0.4 is 20.9 Å². The van der Waals surface area contributed by atoms with Crippen molar-refractivity contribution in [2.45, 2.75) is 51.7 Å². The van der Waals surface area contributed by atoms with Crippen LogP contribution in [0.3, 0.4) is 0 Å². The molecular weight excluding hydrogens is 572 g/mol. The zero-order valence-corrected chi connectivity index (χ0v) is 24.9. The minimum Gasteiger partial charge on any atom is -0.456 e. The van der Waals surface area contributed by atoms with Gasteiger partial charge in [0.1, 0.15) is 11.6 Å². The van der Waals surface area contributed by atoms with Crippen molar-refractivity contribution in [3.05, 3.63) is 88.9 Å². The van der Waals surface area contributed by atoms with Crippen molar-refractivity contribution < 1.29 is 28.7 Å². The Morgan fingerprint density at radius 2 is 1.63 bits per heavy atom. The molecule has 0 bridgehead atoms. The van der Waals surface area contributed by atoms with E-state index in [1.807, 2.05) is 6.07 Å². The molecule has 1 saturated heterocycles. The average molecular weight is 605 g/mol. The number of halogens is 1. The van der Waals surface area contributed by atoms with Crippen LogP contribution >= 0.6 is 11.6 Å². The van der Waals surface area contributed by atoms with E-state index in [0.29, 0.717) is 41.3 Å². The number of carbonyl (C=O) groups excluding carboxylic acids is 5. The molecule has 3 N–H and O–H groups in total. The summed E-state index contributed by atoms with van der Waals surface area (Å²) in [6.45, 7) is 5.78. The van der Waals surface area contributed by atoms with Gasteiger partial charge in [-0.25, -0.2) is 4.79 Å². The second-order valence-electron chi connectivity index (χ2n) is 11.0. The molecular formula is C32H33ClN4O6. The van der Waals surface area contributed by atoms with E-state index in [9.17, 15) is 24.0 Å². The van der Waals surface area contributed by atoms with E-state index in [-0.39, 0.29) is 18.0 Å². The van der Waals surface area contributed by atoms with E-state index in [4.69, 9.17) is 16.3 Å². The fourth-order valence-corrected chi connectivity index (χ4v) is 4.64. The topological polar surface area (TPSA) is 134 Å². The molecule has 3 aromatic carbocycles. The van der Waals surface area contributed by atoms with E-state index >= 15 is 0 Å². The Balaban J connectivity index is 1.48. The minimum absolute atomic E-state index is 0.0963. The van der Waals surface area contributed by atoms with Crippen LogP contribution in [-0.2, 0) is 30.3 Å². The number of benzene rings is 3. The number of amides is 4. The van der Waals surface area contributed by atoms with E-state index in [2.05, 4.69) is 16.0 Å². The van der Waals surface area contributed by atoms with Crippen molar-refractivity contribution in [1.29, 1.82) is 0 Å². The van der Waals surface area contributed by atoms with E-state index in [1.54, 1.807) is 69.3 Å². The molecule has 0 radical (unpaired) electrons. The maximum absolute atomic E-state index is 13.3. The lowest BCUT2D eigenvalue weighted by Crippen LogP contribution is -2.49. The van der Waals surface area contributed by atoms with Gasteiger partial charge in [-0.2, -0.15) is 0 Å². The van der Waals surface area contributed by atoms with E-state index < -0.39 is 35.3 Å². The highest BCUT2D eigenvalue weighted by Gasteiger charge is 2.28. The number of ether oxygens (including phenoxy) is 1. The predicted octanol–water partition coefficient (Wildman–Crippen LogP) is 4.73. The van der Waals surface area contributed by atoms with Gasteiger partial charge < -0.3 is 25.6 Å². The van der Waals surface area contributed by atoms with Crippen LogP contribution in [0.2, 0.25) is 5.02 Å². The van der Waals surface area contributed by atoms with Crippen LogP contribution in [0.4, 0.5) is 17.1 Å². The van der Waals surface area contributed by atoms with Gasteiger partial charge in [0, 0.05) is 30.1 Å². The van der Waals surface area contributed by atoms with Gasteiger partial charge in [0.15, 0.2) is 0 Å². The molecule has 10 nitrogen and oxygen atoms in total. The van der Waals surface area contributed by atoms with Crippen LogP contribution in [0.5, 0.6) is 0 Å². The number of esters is 1. The fraction of sp³-hybridized carbons (Fsp3) is 0.281. The Hall–Kier alpha value is -4.70. The molecule has 1 unspecified atom stereocenters. The molecule has 0 aliphatic carbocycles. The first-order valence-corrected chi connectivity index (χ1v) is 14.2. The molecule has 1 heterocycles. The number of hydrogen-bond donors (Lipinski definition) is 3. The summed E-state index contributed by atoms with van der Waals surface area (Å²) >= 11 is 6.14. The average Bonchev–Trinajstić information content (AvgIpc) is 3.38. The number of rotatable bonds is 8. The van der Waals surface area contributed by atoms with Crippen molar-refractivity contribution in [2.24, 2.45) is 0 Å². The summed E-state index contributed by atoms with van der Waals surface area (Å²) < 4.78 is 5.37. The third-order valence-corrected chi connectivity index (χ3v) is 6.70. The number of carbonyl (C=O) groups is 5. The summed E-state index contributed by atoms with van der Waals surface area (Å²) in [6, 6.07) is 18.7. The SMILES string of the molecule is CC(C)(C)OC(=O)c1ccc(NC(=O)C(Cc2ccccc2)NC(=O)C(=O)Nc2cc(Cl)ccc2N2CCCC2=O)cc1. The Labute approximate surface area is 254 Å². The second kappa shape index (κ2) is 13.5. The summed E-state index contributed by atoms with van der Waals surface area (Å²) in [7, 11) is 0. The van der Waals surface area contributed by atoms with Crippen LogP contribution in [0.1, 0.15) is 49.5 Å². The highest BCUT2D eigenvalue weighted by atomic mass is 35.5. The zero-order chi connectivity index (χ0) is 31.1. The summed E-state index contributed by atoms with van der Waals surface area (Å²) in [5.41, 5.74) is 1.44. The quantitative estimate of drug-likeness (QED) is 0.251. The van der Waals surface area contributed by atoms with Crippen molar-refractivity contribution in [3.8, 4) is 0 Å². The number of hydrogen-bond acceptors (Lipinski definition) is 6. The minimum atomic E-state index is -1.12. The monoisotopic (exact) mass is 604 g/mol. The van der Waals surface area contributed by atoms with Gasteiger partial charge >= 0.3 is 17.8 Å². The first-order chi connectivity index (χ1) is 20.4. The first kappa shape index (κ1) is 31.2. The lowest BCUT2D eigenvalue weighted by Gasteiger charge is -2.21. The molecule has 43 heavy (non-hydrogen) atoms. The Bertz CT molecular complexity index is 1520. The largest absolute Gasteiger partial charge is 0.456 e. The molecule has 1 fully saturated rings. The smallest absolute Gasteiger partial charge is 0.338 e. The summed E-state index contributed by atoms with van der Waals surface area (Å²) in [5, 5.41) is 8.10. The van der Waals surface area contributed by atoms with Crippen LogP contribution in [-0.4, -0.2) is 47.8 Å². The van der Waals surface area contributed by atoms with Crippen LogP contribution in [0.15, 0.2) is 72.8 Å². The maximum atomic E-state index is 13.3.